The lowest BCUT2D eigenvalue weighted by Gasteiger charge is -2.22. The van der Waals surface area contributed by atoms with Gasteiger partial charge in [-0.3, -0.25) is 19.4 Å². The summed E-state index contributed by atoms with van der Waals surface area (Å²) in [5, 5.41) is 9.55. The Labute approximate surface area is 166 Å². The highest BCUT2D eigenvalue weighted by atomic mass is 16.6. The number of likely N-dealkylation sites (tertiary alicyclic amines) is 1. The maximum atomic E-state index is 12.7. The van der Waals surface area contributed by atoms with Crippen molar-refractivity contribution in [1.29, 1.82) is 0 Å². The number of nitrogens with zero attached hydrogens (tertiary/aromatic N) is 2. The van der Waals surface area contributed by atoms with E-state index < -0.39 is 36.0 Å². The molecule has 8 heteroatoms. The molecule has 29 heavy (non-hydrogen) atoms. The first-order valence-electron chi connectivity index (χ1n) is 9.14. The highest BCUT2D eigenvalue weighted by Gasteiger charge is 2.48. The largest absolute Gasteiger partial charge is 0.480 e. The number of benzene rings is 2. The smallest absolute Gasteiger partial charge is 0.410 e. The van der Waals surface area contributed by atoms with Gasteiger partial charge in [0.25, 0.3) is 11.8 Å². The van der Waals surface area contributed by atoms with Crippen molar-refractivity contribution in [1.82, 2.24) is 9.80 Å². The molecule has 1 unspecified atom stereocenters. The molecular formula is C21H18N2O6. The van der Waals surface area contributed by atoms with Gasteiger partial charge in [-0.2, -0.15) is 0 Å². The average Bonchev–Trinajstić information content (AvgIpc) is 3.27. The minimum atomic E-state index is -1.21. The van der Waals surface area contributed by atoms with Gasteiger partial charge in [0.15, 0.2) is 0 Å². The predicted octanol–water partition coefficient (Wildman–Crippen LogP) is 2.15. The Morgan fingerprint density at radius 3 is 2.14 bits per heavy atom. The quantitative estimate of drug-likeness (QED) is 0.797. The third-order valence-corrected chi connectivity index (χ3v) is 5.19. The molecule has 4 rings (SSSR count). The Balaban J connectivity index is 1.50. The van der Waals surface area contributed by atoms with Crippen LogP contribution in [0.3, 0.4) is 0 Å². The summed E-state index contributed by atoms with van der Waals surface area (Å²) in [5.74, 6) is -2.15. The van der Waals surface area contributed by atoms with Gasteiger partial charge in [-0.05, 0) is 17.7 Å². The van der Waals surface area contributed by atoms with Gasteiger partial charge in [-0.15, -0.1) is 0 Å². The van der Waals surface area contributed by atoms with Crippen LogP contribution >= 0.6 is 0 Å². The Morgan fingerprint density at radius 2 is 1.55 bits per heavy atom. The molecule has 1 fully saturated rings. The van der Waals surface area contributed by atoms with Crippen molar-refractivity contribution >= 4 is 23.9 Å². The van der Waals surface area contributed by atoms with Crippen LogP contribution in [-0.4, -0.2) is 57.4 Å². The summed E-state index contributed by atoms with van der Waals surface area (Å²) < 4.78 is 5.25. The highest BCUT2D eigenvalue weighted by molar-refractivity contribution is 6.21. The average molecular weight is 394 g/mol. The first kappa shape index (κ1) is 18.7. The highest BCUT2D eigenvalue weighted by Crippen LogP contribution is 2.31. The normalized spacial score (nSPS) is 20.7. The summed E-state index contributed by atoms with van der Waals surface area (Å²) in [7, 11) is 0. The van der Waals surface area contributed by atoms with Gasteiger partial charge in [0.05, 0.1) is 17.2 Å². The minimum Gasteiger partial charge on any atom is -0.480 e. The summed E-state index contributed by atoms with van der Waals surface area (Å²) in [4.78, 5) is 51.7. The van der Waals surface area contributed by atoms with Gasteiger partial charge in [-0.25, -0.2) is 9.59 Å². The second kappa shape index (κ2) is 7.38. The number of aliphatic carboxylic acids is 1. The third kappa shape index (κ3) is 3.33. The molecule has 0 aliphatic carbocycles. The molecule has 0 radical (unpaired) electrons. The molecule has 1 saturated heterocycles. The Kier molecular flexibility index (Phi) is 4.75. The van der Waals surface area contributed by atoms with Crippen LogP contribution in [0.4, 0.5) is 4.79 Å². The number of rotatable bonds is 4. The number of fused-ring (bicyclic) bond motifs is 1. The maximum absolute atomic E-state index is 12.7. The molecule has 2 aliphatic rings. The van der Waals surface area contributed by atoms with Crippen molar-refractivity contribution in [3.63, 3.8) is 0 Å². The fraction of sp³-hybridized carbons (Fsp3) is 0.238. The Morgan fingerprint density at radius 1 is 0.966 bits per heavy atom. The molecule has 0 saturated carbocycles. The molecular weight excluding hydrogens is 376 g/mol. The van der Waals surface area contributed by atoms with Crippen molar-refractivity contribution < 1.29 is 29.0 Å². The molecule has 148 valence electrons. The lowest BCUT2D eigenvalue weighted by molar-refractivity contribution is -0.141. The first-order valence-corrected chi connectivity index (χ1v) is 9.14. The van der Waals surface area contributed by atoms with E-state index in [4.69, 9.17) is 4.74 Å². The number of carboxylic acids is 1. The molecule has 2 aliphatic heterocycles. The van der Waals surface area contributed by atoms with Crippen LogP contribution in [-0.2, 0) is 16.1 Å². The number of ether oxygens (including phenoxy) is 1. The summed E-state index contributed by atoms with van der Waals surface area (Å²) in [6.07, 6.45) is -0.832. The van der Waals surface area contributed by atoms with Crippen molar-refractivity contribution in [2.45, 2.75) is 25.1 Å². The number of carbonyl (C=O) groups excluding carboxylic acids is 3. The lowest BCUT2D eigenvalue weighted by atomic mass is 10.1. The number of hydrogen-bond donors (Lipinski definition) is 1. The zero-order valence-electron chi connectivity index (χ0n) is 15.4. The molecule has 0 spiro atoms. The van der Waals surface area contributed by atoms with E-state index in [1.54, 1.807) is 48.5 Å². The van der Waals surface area contributed by atoms with Gasteiger partial charge in [0.2, 0.25) is 0 Å². The Hall–Kier alpha value is -3.68. The lowest BCUT2D eigenvalue weighted by Crippen LogP contribution is -2.43. The topological polar surface area (TPSA) is 104 Å². The van der Waals surface area contributed by atoms with E-state index in [1.165, 1.54) is 0 Å². The van der Waals surface area contributed by atoms with Crippen LogP contribution in [0, 0.1) is 0 Å². The molecule has 8 nitrogen and oxygen atoms in total. The fourth-order valence-electron chi connectivity index (χ4n) is 3.78. The zero-order valence-corrected chi connectivity index (χ0v) is 15.4. The molecule has 2 atom stereocenters. The number of carboxylic acid groups (broad SMARTS) is 1. The van der Waals surface area contributed by atoms with Gasteiger partial charge in [0, 0.05) is 13.0 Å². The summed E-state index contributed by atoms with van der Waals surface area (Å²) in [6.45, 7) is -0.0870. The Bertz CT molecular complexity index is 955. The monoisotopic (exact) mass is 394 g/mol. The molecule has 0 aromatic heterocycles. The summed E-state index contributed by atoms with van der Waals surface area (Å²) in [6, 6.07) is 13.6. The number of amides is 3. The van der Waals surface area contributed by atoms with Crippen LogP contribution in [0.25, 0.3) is 0 Å². The summed E-state index contributed by atoms with van der Waals surface area (Å²) in [5.41, 5.74) is 1.34. The van der Waals surface area contributed by atoms with E-state index in [0.29, 0.717) is 0 Å². The van der Waals surface area contributed by atoms with Crippen LogP contribution in [0.1, 0.15) is 32.7 Å². The van der Waals surface area contributed by atoms with E-state index in [-0.39, 0.29) is 30.7 Å². The van der Waals surface area contributed by atoms with E-state index >= 15 is 0 Å². The van der Waals surface area contributed by atoms with Crippen LogP contribution in [0.2, 0.25) is 0 Å². The van der Waals surface area contributed by atoms with Crippen molar-refractivity contribution in [2.75, 3.05) is 6.54 Å². The number of hydrogen-bond acceptors (Lipinski definition) is 5. The van der Waals surface area contributed by atoms with Crippen molar-refractivity contribution in [2.24, 2.45) is 0 Å². The minimum absolute atomic E-state index is 0.000194. The van der Waals surface area contributed by atoms with Crippen LogP contribution in [0.15, 0.2) is 54.6 Å². The van der Waals surface area contributed by atoms with Gasteiger partial charge in [-0.1, -0.05) is 42.5 Å². The zero-order chi connectivity index (χ0) is 20.5. The molecule has 2 heterocycles. The molecule has 0 bridgehead atoms. The van der Waals surface area contributed by atoms with Gasteiger partial charge >= 0.3 is 12.1 Å². The SMILES string of the molecule is O=C(O)[C@@H]1CC(N2C(=O)c3ccccc3C2=O)CN1C(=O)OCc1ccccc1. The molecule has 1 N–H and O–H groups in total. The van der Waals surface area contributed by atoms with E-state index in [9.17, 15) is 24.3 Å². The molecule has 2 aromatic rings. The van der Waals surface area contributed by atoms with E-state index in [0.717, 1.165) is 15.4 Å². The van der Waals surface area contributed by atoms with E-state index in [2.05, 4.69) is 0 Å². The van der Waals surface area contributed by atoms with Gasteiger partial charge in [0.1, 0.15) is 12.6 Å². The van der Waals surface area contributed by atoms with Crippen molar-refractivity contribution in [3.05, 3.63) is 71.3 Å². The second-order valence-corrected chi connectivity index (χ2v) is 6.96. The predicted molar refractivity (Wildman–Crippen MR) is 100 cm³/mol. The second-order valence-electron chi connectivity index (χ2n) is 6.96. The molecule has 3 amide bonds. The number of imide groups is 1. The van der Waals surface area contributed by atoms with E-state index in [1.807, 2.05) is 6.07 Å². The third-order valence-electron chi connectivity index (χ3n) is 5.19. The molecule has 2 aromatic carbocycles. The van der Waals surface area contributed by atoms with Crippen molar-refractivity contribution in [3.8, 4) is 0 Å². The van der Waals surface area contributed by atoms with Crippen LogP contribution < -0.4 is 0 Å². The fourth-order valence-corrected chi connectivity index (χ4v) is 3.78. The summed E-state index contributed by atoms with van der Waals surface area (Å²) >= 11 is 0. The van der Waals surface area contributed by atoms with Gasteiger partial charge < -0.3 is 9.84 Å². The maximum Gasteiger partial charge on any atom is 0.410 e. The first-order chi connectivity index (χ1) is 14.0. The van der Waals surface area contributed by atoms with Crippen LogP contribution in [0.5, 0.6) is 0 Å². The number of carbonyl (C=O) groups is 4. The standard InChI is InChI=1S/C21H18N2O6/c24-18-15-8-4-5-9-16(15)19(25)23(18)14-10-17(20(26)27)22(11-14)21(28)29-12-13-6-2-1-3-7-13/h1-9,14,17H,10-12H2,(H,26,27)/t14?,17-/m0/s1.